The Hall–Kier alpha value is -3.04. The molecule has 146 valence electrons. The molecule has 0 amide bonds. The number of sulfonamides is 1. The zero-order valence-corrected chi connectivity index (χ0v) is 15.9. The molecule has 9 heteroatoms. The Morgan fingerprint density at radius 2 is 2.00 bits per heavy atom. The second kappa shape index (κ2) is 7.91. The summed E-state index contributed by atoms with van der Waals surface area (Å²) in [6.45, 7) is -0.146. The van der Waals surface area contributed by atoms with Crippen molar-refractivity contribution in [1.82, 2.24) is 9.71 Å². The Morgan fingerprint density at radius 1 is 1.21 bits per heavy atom. The summed E-state index contributed by atoms with van der Waals surface area (Å²) in [7, 11) is -1.25. The Bertz CT molecular complexity index is 1150. The van der Waals surface area contributed by atoms with Crippen molar-refractivity contribution >= 4 is 26.9 Å². The summed E-state index contributed by atoms with van der Waals surface area (Å²) < 4.78 is 50.6. The summed E-state index contributed by atoms with van der Waals surface area (Å²) in [4.78, 5) is 16.4. The van der Waals surface area contributed by atoms with Gasteiger partial charge >= 0.3 is 5.97 Å². The van der Waals surface area contributed by atoms with E-state index in [9.17, 15) is 17.6 Å². The van der Waals surface area contributed by atoms with Gasteiger partial charge < -0.3 is 9.47 Å². The van der Waals surface area contributed by atoms with Crippen molar-refractivity contribution in [3.8, 4) is 5.75 Å². The van der Waals surface area contributed by atoms with E-state index in [1.54, 1.807) is 12.1 Å². The highest BCUT2D eigenvalue weighted by Crippen LogP contribution is 2.25. The second-order valence-electron chi connectivity index (χ2n) is 5.76. The van der Waals surface area contributed by atoms with E-state index < -0.39 is 21.8 Å². The van der Waals surface area contributed by atoms with E-state index in [1.807, 2.05) is 0 Å². The lowest BCUT2D eigenvalue weighted by Gasteiger charge is -2.11. The third-order valence-electron chi connectivity index (χ3n) is 4.12. The van der Waals surface area contributed by atoms with Crippen LogP contribution in [0.2, 0.25) is 0 Å². The van der Waals surface area contributed by atoms with Crippen LogP contribution in [0.3, 0.4) is 0 Å². The number of esters is 1. The first-order valence-electron chi connectivity index (χ1n) is 8.18. The number of ether oxygens (including phenoxy) is 2. The number of aromatic nitrogens is 1. The molecular formula is C19H17FN2O5S. The Kier molecular flexibility index (Phi) is 5.57. The predicted molar refractivity (Wildman–Crippen MR) is 100 cm³/mol. The van der Waals surface area contributed by atoms with E-state index in [1.165, 1.54) is 50.7 Å². The first kappa shape index (κ1) is 19.7. The van der Waals surface area contributed by atoms with Gasteiger partial charge in [-0.1, -0.05) is 6.07 Å². The van der Waals surface area contributed by atoms with Gasteiger partial charge in [0.1, 0.15) is 23.1 Å². The molecule has 0 spiro atoms. The number of halogens is 1. The molecule has 1 N–H and O–H groups in total. The average molecular weight is 404 g/mol. The lowest BCUT2D eigenvalue weighted by Crippen LogP contribution is -2.20. The molecule has 0 radical (unpaired) electrons. The largest absolute Gasteiger partial charge is 0.495 e. The zero-order chi connectivity index (χ0) is 20.3. The number of nitrogens with zero attached hydrogens (tertiary/aromatic N) is 1. The summed E-state index contributed by atoms with van der Waals surface area (Å²) in [5.74, 6) is -1.06. The van der Waals surface area contributed by atoms with Crippen molar-refractivity contribution < 1.29 is 27.1 Å². The maximum absolute atomic E-state index is 13.9. The standard InChI is InChI=1S/C19H17FN2O5S/c1-21-28(24,25)17-10-12(6-8-16(17)26-2)19(23)27-11-13-5-7-15(20)14-4-3-9-22-18(13)14/h3-10,21H,11H2,1-2H3. The number of carbonyl (C=O) groups is 1. The topological polar surface area (TPSA) is 94.6 Å². The highest BCUT2D eigenvalue weighted by molar-refractivity contribution is 7.89. The van der Waals surface area contributed by atoms with Gasteiger partial charge in [-0.15, -0.1) is 0 Å². The van der Waals surface area contributed by atoms with E-state index in [4.69, 9.17) is 9.47 Å². The molecule has 0 aliphatic heterocycles. The van der Waals surface area contributed by atoms with Crippen LogP contribution < -0.4 is 9.46 Å². The molecule has 7 nitrogen and oxygen atoms in total. The zero-order valence-electron chi connectivity index (χ0n) is 15.1. The Morgan fingerprint density at radius 3 is 2.71 bits per heavy atom. The SMILES string of the molecule is CNS(=O)(=O)c1cc(C(=O)OCc2ccc(F)c3cccnc23)ccc1OC. The van der Waals surface area contributed by atoms with Crippen LogP contribution in [0.4, 0.5) is 4.39 Å². The lowest BCUT2D eigenvalue weighted by atomic mass is 10.1. The first-order chi connectivity index (χ1) is 13.4. The monoisotopic (exact) mass is 404 g/mol. The van der Waals surface area contributed by atoms with Crippen molar-refractivity contribution in [2.75, 3.05) is 14.2 Å². The number of pyridine rings is 1. The number of carbonyl (C=O) groups excluding carboxylic acids is 1. The fraction of sp³-hybridized carbons (Fsp3) is 0.158. The highest BCUT2D eigenvalue weighted by atomic mass is 32.2. The van der Waals surface area contributed by atoms with Gasteiger partial charge in [-0.2, -0.15) is 0 Å². The molecule has 0 aliphatic carbocycles. The van der Waals surface area contributed by atoms with Crippen LogP contribution >= 0.6 is 0 Å². The van der Waals surface area contributed by atoms with Gasteiger partial charge in [0, 0.05) is 17.1 Å². The van der Waals surface area contributed by atoms with Crippen LogP contribution in [0.5, 0.6) is 5.75 Å². The maximum atomic E-state index is 13.9. The van der Waals surface area contributed by atoms with E-state index >= 15 is 0 Å². The van der Waals surface area contributed by atoms with Crippen LogP contribution in [0.25, 0.3) is 10.9 Å². The van der Waals surface area contributed by atoms with Gasteiger partial charge in [0.25, 0.3) is 0 Å². The molecule has 0 bridgehead atoms. The molecule has 0 aliphatic rings. The number of methoxy groups -OCH3 is 1. The molecule has 0 fully saturated rings. The number of benzene rings is 2. The average Bonchev–Trinajstić information content (AvgIpc) is 2.72. The third-order valence-corrected chi connectivity index (χ3v) is 5.55. The molecule has 0 saturated heterocycles. The molecule has 3 rings (SSSR count). The van der Waals surface area contributed by atoms with Gasteiger partial charge in [0.15, 0.2) is 0 Å². The van der Waals surface area contributed by atoms with E-state index in [0.29, 0.717) is 16.5 Å². The van der Waals surface area contributed by atoms with Crippen molar-refractivity contribution in [3.63, 3.8) is 0 Å². The van der Waals surface area contributed by atoms with Crippen LogP contribution in [-0.4, -0.2) is 33.5 Å². The second-order valence-corrected chi connectivity index (χ2v) is 7.61. The molecule has 1 aromatic heterocycles. The van der Waals surface area contributed by atoms with Gasteiger partial charge in [-0.3, -0.25) is 4.98 Å². The molecule has 1 heterocycles. The maximum Gasteiger partial charge on any atom is 0.338 e. The summed E-state index contributed by atoms with van der Waals surface area (Å²) in [5.41, 5.74) is 0.958. The van der Waals surface area contributed by atoms with Crippen molar-refractivity contribution in [3.05, 3.63) is 65.6 Å². The van der Waals surface area contributed by atoms with Crippen LogP contribution in [0.15, 0.2) is 53.6 Å². The van der Waals surface area contributed by atoms with Crippen molar-refractivity contribution in [1.29, 1.82) is 0 Å². The highest BCUT2D eigenvalue weighted by Gasteiger charge is 2.21. The summed E-state index contributed by atoms with van der Waals surface area (Å²) >= 11 is 0. The van der Waals surface area contributed by atoms with Crippen molar-refractivity contribution in [2.45, 2.75) is 11.5 Å². The minimum absolute atomic E-state index is 0.0361. The molecule has 0 atom stereocenters. The molecule has 2 aromatic carbocycles. The van der Waals surface area contributed by atoms with Crippen LogP contribution in [0, 0.1) is 5.82 Å². The van der Waals surface area contributed by atoms with Gasteiger partial charge in [0.05, 0.1) is 18.2 Å². The molecule has 28 heavy (non-hydrogen) atoms. The quantitative estimate of drug-likeness (QED) is 0.635. The molecule has 0 unspecified atom stereocenters. The lowest BCUT2D eigenvalue weighted by molar-refractivity contribution is 0.0474. The van der Waals surface area contributed by atoms with Crippen LogP contribution in [0.1, 0.15) is 15.9 Å². The normalized spacial score (nSPS) is 11.4. The Balaban J connectivity index is 1.87. The first-order valence-corrected chi connectivity index (χ1v) is 9.66. The Labute approximate surface area is 161 Å². The third kappa shape index (κ3) is 3.80. The minimum atomic E-state index is -3.83. The van der Waals surface area contributed by atoms with E-state index in [0.717, 1.165) is 0 Å². The predicted octanol–water partition coefficient (Wildman–Crippen LogP) is 2.65. The molecular weight excluding hydrogens is 387 g/mol. The van der Waals surface area contributed by atoms with E-state index in [-0.39, 0.29) is 22.8 Å². The number of fused-ring (bicyclic) bond motifs is 1. The summed E-state index contributed by atoms with van der Waals surface area (Å²) in [5, 5.41) is 0.322. The smallest absolute Gasteiger partial charge is 0.338 e. The number of hydrogen-bond acceptors (Lipinski definition) is 6. The van der Waals surface area contributed by atoms with Gasteiger partial charge in [-0.25, -0.2) is 22.3 Å². The summed E-state index contributed by atoms with van der Waals surface area (Å²) in [6.07, 6.45) is 1.52. The van der Waals surface area contributed by atoms with E-state index in [2.05, 4.69) is 9.71 Å². The summed E-state index contributed by atoms with van der Waals surface area (Å²) in [6, 6.07) is 9.91. The molecule has 3 aromatic rings. The number of nitrogens with one attached hydrogen (secondary N) is 1. The van der Waals surface area contributed by atoms with Crippen LogP contribution in [-0.2, 0) is 21.4 Å². The van der Waals surface area contributed by atoms with Gasteiger partial charge in [-0.05, 0) is 43.4 Å². The van der Waals surface area contributed by atoms with Crippen molar-refractivity contribution in [2.24, 2.45) is 0 Å². The van der Waals surface area contributed by atoms with Gasteiger partial charge in [0.2, 0.25) is 10.0 Å². The minimum Gasteiger partial charge on any atom is -0.495 e. The fourth-order valence-electron chi connectivity index (χ4n) is 2.66. The molecule has 0 saturated carbocycles. The number of hydrogen-bond donors (Lipinski definition) is 1. The number of rotatable bonds is 6. The fourth-order valence-corrected chi connectivity index (χ4v) is 3.58.